The molecule has 1 aliphatic rings. The van der Waals surface area contributed by atoms with Crippen molar-refractivity contribution in [3.05, 3.63) is 100 Å². The van der Waals surface area contributed by atoms with Crippen molar-refractivity contribution < 1.29 is 33.4 Å². The third-order valence-electron chi connectivity index (χ3n) is 5.82. The number of ether oxygens (including phenoxy) is 2. The Morgan fingerprint density at radius 3 is 1.88 bits per heavy atom. The van der Waals surface area contributed by atoms with Gasteiger partial charge in [0.15, 0.2) is 0 Å². The Labute approximate surface area is 247 Å². The largest absolute Gasteiger partial charge is 0.459 e. The molecule has 0 atom stereocenters. The van der Waals surface area contributed by atoms with Gasteiger partial charge in [-0.15, -0.1) is 0 Å². The van der Waals surface area contributed by atoms with Crippen LogP contribution in [0.2, 0.25) is 0 Å². The predicted molar refractivity (Wildman–Crippen MR) is 157 cm³/mol. The molecule has 0 aromatic heterocycles. The van der Waals surface area contributed by atoms with Crippen LogP contribution in [0.1, 0.15) is 58.8 Å². The van der Waals surface area contributed by atoms with E-state index in [2.05, 4.69) is 10.6 Å². The van der Waals surface area contributed by atoms with E-state index < -0.39 is 29.7 Å². The fraction of sp³-hybridized carbons (Fsp3) is 0.194. The zero-order valence-electron chi connectivity index (χ0n) is 23.3. The zero-order chi connectivity index (χ0) is 30.6. The van der Waals surface area contributed by atoms with Crippen molar-refractivity contribution in [2.45, 2.75) is 39.9 Å². The molecular weight excluding hydrogens is 562 g/mol. The van der Waals surface area contributed by atoms with Crippen LogP contribution in [0.5, 0.6) is 0 Å². The average molecular weight is 590 g/mol. The van der Waals surface area contributed by atoms with Crippen LogP contribution in [0.15, 0.2) is 83.5 Å². The van der Waals surface area contributed by atoms with Crippen LogP contribution in [0.25, 0.3) is 0 Å². The Hall–Kier alpha value is -4.96. The Morgan fingerprint density at radius 1 is 0.714 bits per heavy atom. The number of imide groups is 1. The predicted octanol–water partition coefficient (Wildman–Crippen LogP) is 5.51. The highest BCUT2D eigenvalue weighted by molar-refractivity contribution is 6.53. The molecule has 10 nitrogen and oxygen atoms in total. The lowest BCUT2D eigenvalue weighted by Gasteiger charge is -2.16. The van der Waals surface area contributed by atoms with Crippen LogP contribution in [0.3, 0.4) is 0 Å². The molecule has 0 unspecified atom stereocenters. The maximum Gasteiger partial charge on any atom is 0.338 e. The molecule has 0 aliphatic carbocycles. The van der Waals surface area contributed by atoms with Crippen LogP contribution >= 0.6 is 11.6 Å². The van der Waals surface area contributed by atoms with Crippen LogP contribution < -0.4 is 15.5 Å². The molecule has 3 amide bonds. The van der Waals surface area contributed by atoms with Crippen molar-refractivity contribution in [2.24, 2.45) is 0 Å². The summed E-state index contributed by atoms with van der Waals surface area (Å²) in [6, 6.07) is 18.4. The summed E-state index contributed by atoms with van der Waals surface area (Å²) in [6.07, 6.45) is -0.587. The van der Waals surface area contributed by atoms with Gasteiger partial charge < -0.3 is 20.1 Å². The minimum atomic E-state index is -0.744. The Balaban J connectivity index is 1.47. The monoisotopic (exact) mass is 589 g/mol. The smallest absolute Gasteiger partial charge is 0.338 e. The molecule has 0 bridgehead atoms. The van der Waals surface area contributed by atoms with Gasteiger partial charge in [-0.25, -0.2) is 14.5 Å². The lowest BCUT2D eigenvalue weighted by molar-refractivity contribution is -0.120. The van der Waals surface area contributed by atoms with E-state index in [1.165, 1.54) is 36.4 Å². The second kappa shape index (κ2) is 12.7. The quantitative estimate of drug-likeness (QED) is 0.247. The minimum absolute atomic E-state index is 0.168. The van der Waals surface area contributed by atoms with Gasteiger partial charge in [0.1, 0.15) is 10.7 Å². The van der Waals surface area contributed by atoms with Gasteiger partial charge in [-0.3, -0.25) is 14.4 Å². The first-order valence-electron chi connectivity index (χ1n) is 13.0. The van der Waals surface area contributed by atoms with Crippen molar-refractivity contribution in [3.63, 3.8) is 0 Å². The van der Waals surface area contributed by atoms with Crippen LogP contribution in [0.4, 0.5) is 17.1 Å². The van der Waals surface area contributed by atoms with Crippen molar-refractivity contribution >= 4 is 58.3 Å². The Morgan fingerprint density at radius 2 is 1.26 bits per heavy atom. The van der Waals surface area contributed by atoms with E-state index >= 15 is 0 Å². The second-order valence-corrected chi connectivity index (χ2v) is 10.2. The van der Waals surface area contributed by atoms with Gasteiger partial charge in [0, 0.05) is 16.9 Å². The average Bonchev–Trinajstić information content (AvgIpc) is 3.15. The van der Waals surface area contributed by atoms with E-state index in [0.717, 1.165) is 4.90 Å². The van der Waals surface area contributed by atoms with Gasteiger partial charge in [-0.05, 0) is 88.4 Å². The fourth-order valence-electron chi connectivity index (χ4n) is 3.97. The molecule has 0 spiro atoms. The Kier molecular flexibility index (Phi) is 9.07. The van der Waals surface area contributed by atoms with E-state index in [1.807, 2.05) is 0 Å². The summed E-state index contributed by atoms with van der Waals surface area (Å²) < 4.78 is 10.4. The molecule has 0 radical (unpaired) electrons. The number of benzene rings is 3. The number of hydrogen-bond donors (Lipinski definition) is 2. The molecule has 42 heavy (non-hydrogen) atoms. The molecule has 3 aromatic rings. The summed E-state index contributed by atoms with van der Waals surface area (Å²) in [4.78, 5) is 64.3. The van der Waals surface area contributed by atoms with Gasteiger partial charge in [-0.2, -0.15) is 0 Å². The van der Waals surface area contributed by atoms with E-state index in [1.54, 1.807) is 64.1 Å². The maximum absolute atomic E-state index is 13.2. The van der Waals surface area contributed by atoms with E-state index in [0.29, 0.717) is 11.4 Å². The molecule has 216 valence electrons. The molecule has 1 aliphatic heterocycles. The molecule has 11 heteroatoms. The highest BCUT2D eigenvalue weighted by Crippen LogP contribution is 2.30. The van der Waals surface area contributed by atoms with E-state index in [-0.39, 0.29) is 45.3 Å². The van der Waals surface area contributed by atoms with Gasteiger partial charge in [0.2, 0.25) is 0 Å². The molecule has 0 saturated carbocycles. The third kappa shape index (κ3) is 6.84. The molecule has 4 rings (SSSR count). The number of esters is 2. The molecule has 0 saturated heterocycles. The number of carbonyl (C=O) groups is 5. The first-order chi connectivity index (χ1) is 19.9. The number of hydrogen-bond acceptors (Lipinski definition) is 8. The summed E-state index contributed by atoms with van der Waals surface area (Å²) in [7, 11) is 0. The van der Waals surface area contributed by atoms with Gasteiger partial charge in [0.05, 0.1) is 29.0 Å². The topological polar surface area (TPSA) is 131 Å². The zero-order valence-corrected chi connectivity index (χ0v) is 24.0. The summed E-state index contributed by atoms with van der Waals surface area (Å²) in [6.45, 7) is 6.94. The standard InChI is InChI=1S/C31H28ClN3O7/c1-17(2)41-30(39)19-11-13-24(14-12-19)35-28(37)25(32)26(29(35)38)33-22-9-5-7-20(15-22)27(36)34-23-10-6-8-21(16-23)31(40)42-18(3)4/h5-18,33H,1-4H3,(H,34,36). The first kappa shape index (κ1) is 30.0. The third-order valence-corrected chi connectivity index (χ3v) is 6.17. The van der Waals surface area contributed by atoms with Crippen LogP contribution in [0, 0.1) is 0 Å². The molecule has 3 aromatic carbocycles. The molecule has 1 heterocycles. The van der Waals surface area contributed by atoms with Crippen molar-refractivity contribution in [1.82, 2.24) is 0 Å². The molecular formula is C31H28ClN3O7. The minimum Gasteiger partial charge on any atom is -0.459 e. The normalized spacial score (nSPS) is 13.1. The number of rotatable bonds is 9. The highest BCUT2D eigenvalue weighted by atomic mass is 35.5. The van der Waals surface area contributed by atoms with Gasteiger partial charge >= 0.3 is 11.9 Å². The summed E-state index contributed by atoms with van der Waals surface area (Å²) in [5, 5.41) is 5.24. The van der Waals surface area contributed by atoms with Crippen LogP contribution in [-0.4, -0.2) is 41.9 Å². The second-order valence-electron chi connectivity index (χ2n) is 9.83. The number of halogens is 1. The van der Waals surface area contributed by atoms with Gasteiger partial charge in [-0.1, -0.05) is 23.7 Å². The van der Waals surface area contributed by atoms with E-state index in [4.69, 9.17) is 21.1 Å². The molecule has 2 N–H and O–H groups in total. The van der Waals surface area contributed by atoms with Gasteiger partial charge in [0.25, 0.3) is 17.7 Å². The SMILES string of the molecule is CC(C)OC(=O)c1ccc(N2C(=O)C(Cl)=C(Nc3cccc(C(=O)Nc4cccc(C(=O)OC(C)C)c4)c3)C2=O)cc1. The number of nitrogens with one attached hydrogen (secondary N) is 2. The summed E-state index contributed by atoms with van der Waals surface area (Å²) in [5.41, 5.74) is 1.56. The fourth-order valence-corrected chi connectivity index (χ4v) is 4.18. The highest BCUT2D eigenvalue weighted by Gasteiger charge is 2.39. The van der Waals surface area contributed by atoms with Crippen LogP contribution in [-0.2, 0) is 19.1 Å². The lowest BCUT2D eigenvalue weighted by Crippen LogP contribution is -2.32. The molecule has 0 fully saturated rings. The number of anilines is 3. The number of amides is 3. The summed E-state index contributed by atoms with van der Waals surface area (Å²) >= 11 is 6.25. The van der Waals surface area contributed by atoms with Crippen molar-refractivity contribution in [3.8, 4) is 0 Å². The maximum atomic E-state index is 13.2. The summed E-state index contributed by atoms with van der Waals surface area (Å²) in [5.74, 6) is -2.96. The number of carbonyl (C=O) groups excluding carboxylic acids is 5. The van der Waals surface area contributed by atoms with Crippen molar-refractivity contribution in [1.29, 1.82) is 0 Å². The van der Waals surface area contributed by atoms with Crippen molar-refractivity contribution in [2.75, 3.05) is 15.5 Å². The number of nitrogens with zero attached hydrogens (tertiary/aromatic N) is 1. The lowest BCUT2D eigenvalue weighted by atomic mass is 10.1. The first-order valence-corrected chi connectivity index (χ1v) is 13.4. The Bertz CT molecular complexity index is 1600. The van der Waals surface area contributed by atoms with E-state index in [9.17, 15) is 24.0 Å².